The molecular weight excluding hydrogens is 342 g/mol. The van der Waals surface area contributed by atoms with Crippen molar-refractivity contribution in [3.05, 3.63) is 66.4 Å². The predicted octanol–water partition coefficient (Wildman–Crippen LogP) is 2.90. The van der Waals surface area contributed by atoms with Crippen molar-refractivity contribution < 1.29 is 9.21 Å². The van der Waals surface area contributed by atoms with Crippen molar-refractivity contribution in [2.24, 2.45) is 0 Å². The molecule has 7 nitrogen and oxygen atoms in total. The van der Waals surface area contributed by atoms with Crippen molar-refractivity contribution in [3.63, 3.8) is 0 Å². The number of hydrogen-bond acceptors (Lipinski definition) is 5. The van der Waals surface area contributed by atoms with E-state index in [0.29, 0.717) is 31.2 Å². The molecule has 3 heterocycles. The third-order valence-corrected chi connectivity index (χ3v) is 4.35. The summed E-state index contributed by atoms with van der Waals surface area (Å²) in [4.78, 5) is 19.3. The Morgan fingerprint density at radius 1 is 1.07 bits per heavy atom. The summed E-state index contributed by atoms with van der Waals surface area (Å²) in [5.74, 6) is 0.860. The second-order valence-corrected chi connectivity index (χ2v) is 6.20. The predicted molar refractivity (Wildman–Crippen MR) is 101 cm³/mol. The first kappa shape index (κ1) is 17.0. The van der Waals surface area contributed by atoms with Gasteiger partial charge in [0.05, 0.1) is 0 Å². The maximum atomic E-state index is 12.1. The van der Waals surface area contributed by atoms with Gasteiger partial charge in [0.1, 0.15) is 0 Å². The first-order valence-corrected chi connectivity index (χ1v) is 8.84. The number of benzene rings is 1. The number of hydrogen-bond donors (Lipinski definition) is 2. The number of amides is 1. The first-order chi connectivity index (χ1) is 13.3. The van der Waals surface area contributed by atoms with E-state index in [-0.39, 0.29) is 5.91 Å². The van der Waals surface area contributed by atoms with Crippen LogP contribution in [0.3, 0.4) is 0 Å². The highest BCUT2D eigenvalue weighted by molar-refractivity contribution is 5.83. The first-order valence-electron chi connectivity index (χ1n) is 8.84. The molecule has 0 aliphatic carbocycles. The van der Waals surface area contributed by atoms with E-state index < -0.39 is 0 Å². The normalized spacial score (nSPS) is 11.0. The van der Waals surface area contributed by atoms with Gasteiger partial charge in [0.2, 0.25) is 17.7 Å². The van der Waals surface area contributed by atoms with E-state index in [0.717, 1.165) is 17.5 Å². The van der Waals surface area contributed by atoms with Crippen LogP contribution >= 0.6 is 0 Å². The Bertz CT molecular complexity index is 1040. The minimum atomic E-state index is -0.0292. The molecule has 4 rings (SSSR count). The smallest absolute Gasteiger partial charge is 0.247 e. The third kappa shape index (κ3) is 4.03. The van der Waals surface area contributed by atoms with Crippen LogP contribution in [0.4, 0.5) is 0 Å². The maximum absolute atomic E-state index is 12.1. The molecule has 27 heavy (non-hydrogen) atoms. The Kier molecular flexibility index (Phi) is 4.91. The Balaban J connectivity index is 1.25. The molecule has 7 heteroatoms. The highest BCUT2D eigenvalue weighted by Gasteiger charge is 2.10. The van der Waals surface area contributed by atoms with Crippen LogP contribution in [0.25, 0.3) is 22.4 Å². The lowest BCUT2D eigenvalue weighted by Crippen LogP contribution is -2.25. The number of carbonyl (C=O) groups is 1. The highest BCUT2D eigenvalue weighted by Crippen LogP contribution is 2.18. The molecule has 4 aromatic rings. The van der Waals surface area contributed by atoms with Crippen LogP contribution in [0.15, 0.2) is 59.4 Å². The van der Waals surface area contributed by atoms with Crippen molar-refractivity contribution in [1.82, 2.24) is 25.5 Å². The number of rotatable bonds is 7. The summed E-state index contributed by atoms with van der Waals surface area (Å²) in [7, 11) is 0. The van der Waals surface area contributed by atoms with Gasteiger partial charge in [-0.3, -0.25) is 9.78 Å². The highest BCUT2D eigenvalue weighted by atomic mass is 16.4. The third-order valence-electron chi connectivity index (χ3n) is 4.35. The Morgan fingerprint density at radius 2 is 1.93 bits per heavy atom. The van der Waals surface area contributed by atoms with Gasteiger partial charge in [0.25, 0.3) is 0 Å². The Labute approximate surface area is 155 Å². The van der Waals surface area contributed by atoms with Gasteiger partial charge >= 0.3 is 0 Å². The minimum Gasteiger partial charge on any atom is -0.421 e. The lowest BCUT2D eigenvalue weighted by Gasteiger charge is -2.03. The summed E-state index contributed by atoms with van der Waals surface area (Å²) in [6.07, 6.45) is 6.84. The molecule has 0 atom stereocenters. The zero-order valence-corrected chi connectivity index (χ0v) is 14.7. The molecule has 0 aliphatic heterocycles. The molecule has 0 saturated heterocycles. The maximum Gasteiger partial charge on any atom is 0.247 e. The number of fused-ring (bicyclic) bond motifs is 1. The van der Waals surface area contributed by atoms with Crippen molar-refractivity contribution in [2.75, 3.05) is 6.54 Å². The number of nitrogens with one attached hydrogen (secondary N) is 2. The van der Waals surface area contributed by atoms with E-state index in [1.54, 1.807) is 24.5 Å². The van der Waals surface area contributed by atoms with Crippen LogP contribution in [-0.2, 0) is 17.6 Å². The molecule has 0 fully saturated rings. The molecule has 1 aromatic carbocycles. The largest absolute Gasteiger partial charge is 0.421 e. The molecule has 0 radical (unpaired) electrons. The number of H-pyrrole nitrogens is 1. The van der Waals surface area contributed by atoms with Crippen molar-refractivity contribution >= 4 is 16.8 Å². The molecule has 136 valence electrons. The van der Waals surface area contributed by atoms with Crippen molar-refractivity contribution in [3.8, 4) is 11.5 Å². The van der Waals surface area contributed by atoms with E-state index >= 15 is 0 Å². The van der Waals surface area contributed by atoms with E-state index in [2.05, 4.69) is 31.5 Å². The van der Waals surface area contributed by atoms with E-state index in [1.165, 1.54) is 10.9 Å². The zero-order chi connectivity index (χ0) is 18.5. The zero-order valence-electron chi connectivity index (χ0n) is 14.7. The van der Waals surface area contributed by atoms with Gasteiger partial charge in [-0.25, -0.2) is 0 Å². The minimum absolute atomic E-state index is 0.0292. The summed E-state index contributed by atoms with van der Waals surface area (Å²) < 4.78 is 5.60. The van der Waals surface area contributed by atoms with Gasteiger partial charge < -0.3 is 14.7 Å². The van der Waals surface area contributed by atoms with Crippen LogP contribution in [0, 0.1) is 0 Å². The van der Waals surface area contributed by atoms with Gasteiger partial charge in [-0.1, -0.05) is 18.2 Å². The lowest BCUT2D eigenvalue weighted by molar-refractivity contribution is -0.121. The fourth-order valence-corrected chi connectivity index (χ4v) is 2.95. The Hall–Kier alpha value is -3.48. The molecule has 0 saturated carbocycles. The van der Waals surface area contributed by atoms with Crippen LogP contribution < -0.4 is 5.32 Å². The standard InChI is InChI=1S/C20H19N5O2/c26-18(22-12-9-15-13-23-17-4-2-1-3-16(15)17)5-6-19-24-25-20(27-19)14-7-10-21-11-8-14/h1-4,7-8,10-11,13,23H,5-6,9,12H2,(H,22,26). The quantitative estimate of drug-likeness (QED) is 0.527. The summed E-state index contributed by atoms with van der Waals surface area (Å²) in [6, 6.07) is 11.7. The average molecular weight is 361 g/mol. The van der Waals surface area contributed by atoms with Crippen LogP contribution in [0.1, 0.15) is 17.9 Å². The van der Waals surface area contributed by atoms with Crippen molar-refractivity contribution in [1.29, 1.82) is 0 Å². The molecule has 0 spiro atoms. The number of nitrogens with zero attached hydrogens (tertiary/aromatic N) is 3. The number of para-hydroxylation sites is 1. The van der Waals surface area contributed by atoms with E-state index in [1.807, 2.05) is 24.4 Å². The topological polar surface area (TPSA) is 96.7 Å². The number of aromatic amines is 1. The van der Waals surface area contributed by atoms with E-state index in [4.69, 9.17) is 4.42 Å². The SMILES string of the molecule is O=C(CCc1nnc(-c2ccncc2)o1)NCCc1c[nH]c2ccccc12. The lowest BCUT2D eigenvalue weighted by atomic mass is 10.1. The number of pyridine rings is 1. The second kappa shape index (κ2) is 7.82. The summed E-state index contributed by atoms with van der Waals surface area (Å²) in [6.45, 7) is 0.590. The van der Waals surface area contributed by atoms with Crippen molar-refractivity contribution in [2.45, 2.75) is 19.3 Å². The summed E-state index contributed by atoms with van der Waals surface area (Å²) in [5, 5.41) is 12.1. The average Bonchev–Trinajstić information content (AvgIpc) is 3.35. The summed E-state index contributed by atoms with van der Waals surface area (Å²) in [5.41, 5.74) is 3.12. The molecule has 1 amide bonds. The molecule has 0 aliphatic rings. The number of aryl methyl sites for hydroxylation is 1. The molecule has 0 unspecified atom stereocenters. The van der Waals surface area contributed by atoms with Gasteiger partial charge in [-0.05, 0) is 30.2 Å². The number of aromatic nitrogens is 4. The fraction of sp³-hybridized carbons (Fsp3) is 0.200. The van der Waals surface area contributed by atoms with Crippen LogP contribution in [-0.4, -0.2) is 32.6 Å². The summed E-state index contributed by atoms with van der Waals surface area (Å²) >= 11 is 0. The number of carbonyl (C=O) groups excluding carboxylic acids is 1. The Morgan fingerprint density at radius 3 is 2.81 bits per heavy atom. The fourth-order valence-electron chi connectivity index (χ4n) is 2.95. The monoisotopic (exact) mass is 361 g/mol. The van der Waals surface area contributed by atoms with Gasteiger partial charge in [0.15, 0.2) is 0 Å². The molecular formula is C20H19N5O2. The van der Waals surface area contributed by atoms with E-state index in [9.17, 15) is 4.79 Å². The molecule has 2 N–H and O–H groups in total. The van der Waals surface area contributed by atoms with Gasteiger partial charge in [-0.15, -0.1) is 10.2 Å². The van der Waals surface area contributed by atoms with Crippen LogP contribution in [0.2, 0.25) is 0 Å². The second-order valence-electron chi connectivity index (χ2n) is 6.20. The van der Waals surface area contributed by atoms with Crippen LogP contribution in [0.5, 0.6) is 0 Å². The molecule has 0 bridgehead atoms. The van der Waals surface area contributed by atoms with Gasteiger partial charge in [0, 0.05) is 54.4 Å². The molecule has 3 aromatic heterocycles. The van der Waals surface area contributed by atoms with Gasteiger partial charge in [-0.2, -0.15) is 0 Å².